The standard InChI is InChI=1S/C17H12F5N3O.C6H16OSi/c18-10-5-8(23)6-11(19)14(10)26-12-1-4-24-15-13(12)9(7-25-15)16(2-3-16)17(20,21)22;1-7-5-6-8(2,3)4/h1,4-7H,2-3,23H2,(H,24,25);5-6H2,1-4H3. The van der Waals surface area contributed by atoms with Crippen LogP contribution in [0.4, 0.5) is 27.6 Å². The summed E-state index contributed by atoms with van der Waals surface area (Å²) in [7, 11) is 0.961. The van der Waals surface area contributed by atoms with Crippen LogP contribution in [0.1, 0.15) is 18.4 Å². The lowest BCUT2D eigenvalue weighted by atomic mass is 9.95. The number of hydrogen-bond donors (Lipinski definition) is 2. The fourth-order valence-corrected chi connectivity index (χ4v) is 4.33. The molecule has 11 heteroatoms. The zero-order chi connectivity index (χ0) is 25.3. The van der Waals surface area contributed by atoms with Gasteiger partial charge in [-0.05, 0) is 30.5 Å². The van der Waals surface area contributed by atoms with Crippen LogP contribution in [0.2, 0.25) is 25.7 Å². The molecule has 0 bridgehead atoms. The summed E-state index contributed by atoms with van der Waals surface area (Å²) < 4.78 is 78.8. The van der Waals surface area contributed by atoms with Gasteiger partial charge in [0, 0.05) is 52.0 Å². The number of alkyl halides is 3. The number of hydrogen-bond acceptors (Lipinski definition) is 4. The van der Waals surface area contributed by atoms with Crippen LogP contribution in [-0.4, -0.2) is 37.9 Å². The highest BCUT2D eigenvalue weighted by Crippen LogP contribution is 2.61. The molecule has 1 saturated carbocycles. The van der Waals surface area contributed by atoms with Gasteiger partial charge in [0.05, 0.1) is 10.8 Å². The van der Waals surface area contributed by atoms with E-state index in [0.29, 0.717) is 0 Å². The number of rotatable bonds is 6. The predicted octanol–water partition coefficient (Wildman–Crippen LogP) is 6.78. The Hall–Kier alpha value is -2.66. The van der Waals surface area contributed by atoms with Crippen molar-refractivity contribution in [2.45, 2.75) is 50.1 Å². The number of fused-ring (bicyclic) bond motifs is 1. The lowest BCUT2D eigenvalue weighted by Crippen LogP contribution is -2.28. The topological polar surface area (TPSA) is 73.2 Å². The lowest BCUT2D eigenvalue weighted by Gasteiger charge is -2.19. The number of nitrogens with one attached hydrogen (secondary N) is 1. The van der Waals surface area contributed by atoms with E-state index in [0.717, 1.165) is 18.7 Å². The van der Waals surface area contributed by atoms with Gasteiger partial charge in [-0.1, -0.05) is 19.6 Å². The van der Waals surface area contributed by atoms with E-state index in [1.165, 1.54) is 24.5 Å². The quantitative estimate of drug-likeness (QED) is 0.222. The second-order valence-electron chi connectivity index (χ2n) is 9.53. The molecular weight excluding hydrogens is 473 g/mol. The zero-order valence-electron chi connectivity index (χ0n) is 19.4. The Morgan fingerprint density at radius 3 is 2.24 bits per heavy atom. The number of nitrogens with two attached hydrogens (primary N) is 1. The highest BCUT2D eigenvalue weighted by molar-refractivity contribution is 6.76. The maximum absolute atomic E-state index is 14.0. The average Bonchev–Trinajstić information content (AvgIpc) is 3.43. The van der Waals surface area contributed by atoms with E-state index < -0.39 is 37.0 Å². The summed E-state index contributed by atoms with van der Waals surface area (Å²) in [4.78, 5) is 6.65. The third kappa shape index (κ3) is 5.52. The van der Waals surface area contributed by atoms with Gasteiger partial charge < -0.3 is 20.2 Å². The Morgan fingerprint density at radius 1 is 1.15 bits per heavy atom. The number of anilines is 1. The van der Waals surface area contributed by atoms with E-state index in [4.69, 9.17) is 15.2 Å². The molecule has 2 heterocycles. The van der Waals surface area contributed by atoms with E-state index in [9.17, 15) is 22.0 Å². The molecule has 186 valence electrons. The number of methoxy groups -OCH3 is 1. The Kier molecular flexibility index (Phi) is 7.28. The highest BCUT2D eigenvalue weighted by atomic mass is 28.3. The first-order valence-corrected chi connectivity index (χ1v) is 14.4. The van der Waals surface area contributed by atoms with Gasteiger partial charge in [0.25, 0.3) is 0 Å². The van der Waals surface area contributed by atoms with Gasteiger partial charge >= 0.3 is 6.18 Å². The third-order valence-corrected chi connectivity index (χ3v) is 7.34. The summed E-state index contributed by atoms with van der Waals surface area (Å²) in [6.45, 7) is 8.00. The first-order chi connectivity index (χ1) is 15.8. The first kappa shape index (κ1) is 26.0. The largest absolute Gasteiger partial charge is 0.450 e. The van der Waals surface area contributed by atoms with Gasteiger partial charge in [0.1, 0.15) is 11.4 Å². The number of pyridine rings is 1. The Labute approximate surface area is 195 Å². The van der Waals surface area contributed by atoms with Gasteiger partial charge in [-0.2, -0.15) is 13.2 Å². The minimum atomic E-state index is -4.45. The van der Waals surface area contributed by atoms with Crippen molar-refractivity contribution in [2.75, 3.05) is 19.5 Å². The molecule has 1 fully saturated rings. The molecule has 1 aliphatic rings. The number of aromatic amines is 1. The minimum Gasteiger partial charge on any atom is -0.450 e. The van der Waals surface area contributed by atoms with E-state index in [-0.39, 0.29) is 40.9 Å². The van der Waals surface area contributed by atoms with Crippen molar-refractivity contribution >= 4 is 24.8 Å². The molecule has 4 rings (SSSR count). The summed E-state index contributed by atoms with van der Waals surface area (Å²) in [5.41, 5.74) is 3.33. The van der Waals surface area contributed by atoms with Gasteiger partial charge in [-0.15, -0.1) is 0 Å². The van der Waals surface area contributed by atoms with Crippen molar-refractivity contribution in [2.24, 2.45) is 0 Å². The number of H-pyrrole nitrogens is 1. The second kappa shape index (κ2) is 9.53. The zero-order valence-corrected chi connectivity index (χ0v) is 20.4. The van der Waals surface area contributed by atoms with Crippen LogP contribution in [0.25, 0.3) is 11.0 Å². The van der Waals surface area contributed by atoms with Crippen LogP contribution < -0.4 is 10.5 Å². The number of nitrogens with zero attached hydrogens (tertiary/aromatic N) is 1. The van der Waals surface area contributed by atoms with Crippen molar-refractivity contribution < 1.29 is 31.4 Å². The van der Waals surface area contributed by atoms with Crippen molar-refractivity contribution in [3.63, 3.8) is 0 Å². The van der Waals surface area contributed by atoms with Crippen LogP contribution in [0.3, 0.4) is 0 Å². The molecule has 2 aromatic heterocycles. The minimum absolute atomic E-state index is 0.0423. The fourth-order valence-electron chi connectivity index (χ4n) is 3.51. The molecule has 0 amide bonds. The van der Waals surface area contributed by atoms with Gasteiger partial charge in [-0.3, -0.25) is 0 Å². The van der Waals surface area contributed by atoms with Gasteiger partial charge in [0.2, 0.25) is 0 Å². The third-order valence-electron chi connectivity index (χ3n) is 5.63. The van der Waals surface area contributed by atoms with Crippen molar-refractivity contribution in [1.82, 2.24) is 9.97 Å². The molecule has 0 saturated heterocycles. The van der Waals surface area contributed by atoms with E-state index in [2.05, 4.69) is 29.6 Å². The van der Waals surface area contributed by atoms with E-state index in [1.807, 2.05) is 0 Å². The Balaban J connectivity index is 0.000000350. The lowest BCUT2D eigenvalue weighted by molar-refractivity contribution is -0.160. The number of benzene rings is 1. The predicted molar refractivity (Wildman–Crippen MR) is 124 cm³/mol. The Bertz CT molecular complexity index is 1130. The molecule has 3 N–H and O–H groups in total. The fraction of sp³-hybridized carbons (Fsp3) is 0.435. The number of nitrogen functional groups attached to an aromatic ring is 1. The molecule has 5 nitrogen and oxygen atoms in total. The van der Waals surface area contributed by atoms with Crippen LogP contribution >= 0.6 is 0 Å². The maximum atomic E-state index is 14.0. The molecule has 0 unspecified atom stereocenters. The Morgan fingerprint density at radius 2 is 1.76 bits per heavy atom. The van der Waals surface area contributed by atoms with Crippen LogP contribution in [0.5, 0.6) is 11.5 Å². The number of halogens is 5. The average molecular weight is 502 g/mol. The van der Waals surface area contributed by atoms with Crippen LogP contribution in [0.15, 0.2) is 30.6 Å². The number of ether oxygens (including phenoxy) is 2. The summed E-state index contributed by atoms with van der Waals surface area (Å²) in [6, 6.07) is 4.28. The van der Waals surface area contributed by atoms with Crippen LogP contribution in [-0.2, 0) is 10.2 Å². The summed E-state index contributed by atoms with van der Waals surface area (Å²) in [5.74, 6) is -2.97. The first-order valence-electron chi connectivity index (χ1n) is 10.7. The molecule has 0 radical (unpaired) electrons. The maximum Gasteiger partial charge on any atom is 0.398 e. The summed E-state index contributed by atoms with van der Waals surface area (Å²) in [6.07, 6.45) is -2.09. The van der Waals surface area contributed by atoms with Crippen molar-refractivity contribution in [3.05, 3.63) is 47.8 Å². The van der Waals surface area contributed by atoms with Crippen molar-refractivity contribution in [3.8, 4) is 11.5 Å². The summed E-state index contributed by atoms with van der Waals surface area (Å²) >= 11 is 0. The molecular formula is C23H28F5N3O2Si. The molecule has 1 aliphatic carbocycles. The SMILES string of the molecule is COCC[Si](C)(C)C.Nc1cc(F)c(Oc2ccnc3[nH]cc(C4(C(F)(F)F)CC4)c23)c(F)c1. The molecule has 34 heavy (non-hydrogen) atoms. The monoisotopic (exact) mass is 501 g/mol. The molecule has 0 spiro atoms. The smallest absolute Gasteiger partial charge is 0.398 e. The molecule has 3 aromatic rings. The summed E-state index contributed by atoms with van der Waals surface area (Å²) in [5, 5.41) is 0.0537. The molecule has 0 atom stereocenters. The number of aromatic nitrogens is 2. The second-order valence-corrected chi connectivity index (χ2v) is 15.2. The van der Waals surface area contributed by atoms with Gasteiger partial charge in [-0.25, -0.2) is 13.8 Å². The van der Waals surface area contributed by atoms with E-state index >= 15 is 0 Å². The van der Waals surface area contributed by atoms with Crippen LogP contribution in [0, 0.1) is 11.6 Å². The highest BCUT2D eigenvalue weighted by Gasteiger charge is 2.65. The molecule has 1 aromatic carbocycles. The van der Waals surface area contributed by atoms with Crippen molar-refractivity contribution in [1.29, 1.82) is 0 Å². The van der Waals surface area contributed by atoms with Gasteiger partial charge in [0.15, 0.2) is 17.4 Å². The normalized spacial score (nSPS) is 15.1. The van der Waals surface area contributed by atoms with E-state index in [1.54, 1.807) is 7.11 Å². The molecule has 0 aliphatic heterocycles.